The molecule has 0 aliphatic carbocycles. The fourth-order valence-corrected chi connectivity index (χ4v) is 2.55. The molecule has 3 nitrogen and oxygen atoms in total. The summed E-state index contributed by atoms with van der Waals surface area (Å²) in [6.45, 7) is 2.58. The Balaban J connectivity index is 1.92. The SMILES string of the molecule is COc1ccc([C@@H](C)NCC(O)c2cccc(Br)c2)cc1. The molecule has 1 unspecified atom stereocenters. The molecule has 4 heteroatoms. The smallest absolute Gasteiger partial charge is 0.118 e. The first-order valence-electron chi connectivity index (χ1n) is 6.91. The zero-order valence-electron chi connectivity index (χ0n) is 12.2. The average Bonchev–Trinajstić information content (AvgIpc) is 2.52. The van der Waals surface area contributed by atoms with E-state index in [0.717, 1.165) is 21.3 Å². The maximum atomic E-state index is 10.2. The molecule has 0 saturated carbocycles. The van der Waals surface area contributed by atoms with Crippen LogP contribution in [0.5, 0.6) is 5.75 Å². The molecular weight excluding hydrogens is 330 g/mol. The predicted octanol–water partition coefficient (Wildman–Crippen LogP) is 3.84. The minimum Gasteiger partial charge on any atom is -0.497 e. The molecule has 2 N–H and O–H groups in total. The van der Waals surface area contributed by atoms with E-state index < -0.39 is 6.10 Å². The molecule has 0 spiro atoms. The van der Waals surface area contributed by atoms with Crippen molar-refractivity contribution in [2.45, 2.75) is 19.1 Å². The fourth-order valence-electron chi connectivity index (χ4n) is 2.13. The molecule has 2 rings (SSSR count). The molecule has 2 aromatic rings. The number of halogens is 1. The minimum absolute atomic E-state index is 0.165. The Kier molecular flexibility index (Phi) is 5.79. The lowest BCUT2D eigenvalue weighted by atomic mass is 10.1. The highest BCUT2D eigenvalue weighted by atomic mass is 79.9. The molecule has 0 radical (unpaired) electrons. The van der Waals surface area contributed by atoms with Gasteiger partial charge in [0, 0.05) is 17.1 Å². The van der Waals surface area contributed by atoms with Gasteiger partial charge in [-0.15, -0.1) is 0 Å². The Morgan fingerprint density at radius 3 is 2.48 bits per heavy atom. The van der Waals surface area contributed by atoms with Gasteiger partial charge in [0.25, 0.3) is 0 Å². The van der Waals surface area contributed by atoms with Gasteiger partial charge in [0.05, 0.1) is 13.2 Å². The number of benzene rings is 2. The Morgan fingerprint density at radius 2 is 1.86 bits per heavy atom. The van der Waals surface area contributed by atoms with Gasteiger partial charge in [0.2, 0.25) is 0 Å². The number of rotatable bonds is 6. The molecule has 21 heavy (non-hydrogen) atoms. The summed E-state index contributed by atoms with van der Waals surface area (Å²) in [5.41, 5.74) is 2.07. The van der Waals surface area contributed by atoms with E-state index in [9.17, 15) is 5.11 Å². The fraction of sp³-hybridized carbons (Fsp3) is 0.294. The van der Waals surface area contributed by atoms with Crippen LogP contribution in [0, 0.1) is 0 Å². The average molecular weight is 350 g/mol. The van der Waals surface area contributed by atoms with Gasteiger partial charge < -0.3 is 15.2 Å². The summed E-state index contributed by atoms with van der Waals surface area (Å²) in [6, 6.07) is 15.8. The molecule has 0 aliphatic rings. The van der Waals surface area contributed by atoms with Crippen molar-refractivity contribution in [1.82, 2.24) is 5.32 Å². The van der Waals surface area contributed by atoms with E-state index in [1.165, 1.54) is 0 Å². The second-order valence-corrected chi connectivity index (χ2v) is 5.89. The number of aliphatic hydroxyl groups is 1. The Morgan fingerprint density at radius 1 is 1.14 bits per heavy atom. The quantitative estimate of drug-likeness (QED) is 0.832. The van der Waals surface area contributed by atoms with Crippen molar-refractivity contribution < 1.29 is 9.84 Å². The molecule has 0 aliphatic heterocycles. The number of hydrogen-bond donors (Lipinski definition) is 2. The van der Waals surface area contributed by atoms with Gasteiger partial charge in [-0.2, -0.15) is 0 Å². The van der Waals surface area contributed by atoms with E-state index in [2.05, 4.69) is 28.2 Å². The van der Waals surface area contributed by atoms with Crippen LogP contribution in [0.1, 0.15) is 30.2 Å². The van der Waals surface area contributed by atoms with E-state index >= 15 is 0 Å². The number of ether oxygens (including phenoxy) is 1. The van der Waals surface area contributed by atoms with Crippen molar-refractivity contribution in [2.75, 3.05) is 13.7 Å². The van der Waals surface area contributed by atoms with Crippen LogP contribution in [-0.4, -0.2) is 18.8 Å². The summed E-state index contributed by atoms with van der Waals surface area (Å²) in [5, 5.41) is 13.6. The van der Waals surface area contributed by atoms with E-state index in [0.29, 0.717) is 6.54 Å². The van der Waals surface area contributed by atoms with Crippen molar-refractivity contribution in [1.29, 1.82) is 0 Å². The largest absolute Gasteiger partial charge is 0.497 e. The van der Waals surface area contributed by atoms with Crippen LogP contribution in [0.15, 0.2) is 53.0 Å². The molecule has 0 bridgehead atoms. The number of hydrogen-bond acceptors (Lipinski definition) is 3. The molecule has 0 aromatic heterocycles. The van der Waals surface area contributed by atoms with Crippen LogP contribution in [0.2, 0.25) is 0 Å². The molecular formula is C17H20BrNO2. The van der Waals surface area contributed by atoms with Crippen LogP contribution in [0.25, 0.3) is 0 Å². The van der Waals surface area contributed by atoms with E-state index in [1.807, 2.05) is 48.5 Å². The molecule has 112 valence electrons. The second kappa shape index (κ2) is 7.59. The number of methoxy groups -OCH3 is 1. The summed E-state index contributed by atoms with van der Waals surface area (Å²) < 4.78 is 6.13. The van der Waals surface area contributed by atoms with Gasteiger partial charge in [-0.1, -0.05) is 40.2 Å². The molecule has 2 atom stereocenters. The molecule has 2 aromatic carbocycles. The van der Waals surface area contributed by atoms with Crippen LogP contribution in [0.4, 0.5) is 0 Å². The highest BCUT2D eigenvalue weighted by Crippen LogP contribution is 2.20. The van der Waals surface area contributed by atoms with E-state index in [1.54, 1.807) is 7.11 Å². The summed E-state index contributed by atoms with van der Waals surface area (Å²) in [6.07, 6.45) is -0.525. The Labute approximate surface area is 134 Å². The summed E-state index contributed by atoms with van der Waals surface area (Å²) in [7, 11) is 1.66. The molecule has 0 saturated heterocycles. The van der Waals surface area contributed by atoms with Gasteiger partial charge in [-0.25, -0.2) is 0 Å². The van der Waals surface area contributed by atoms with Crippen LogP contribution in [-0.2, 0) is 0 Å². The second-order valence-electron chi connectivity index (χ2n) is 4.97. The highest BCUT2D eigenvalue weighted by Gasteiger charge is 2.11. The number of nitrogens with one attached hydrogen (secondary N) is 1. The maximum Gasteiger partial charge on any atom is 0.118 e. The standard InChI is InChI=1S/C17H20BrNO2/c1-12(13-6-8-16(21-2)9-7-13)19-11-17(20)14-4-3-5-15(18)10-14/h3-10,12,17,19-20H,11H2,1-2H3/t12-,17?/m1/s1. The van der Waals surface area contributed by atoms with Gasteiger partial charge in [0.1, 0.15) is 5.75 Å². The first-order valence-corrected chi connectivity index (χ1v) is 7.70. The van der Waals surface area contributed by atoms with E-state index in [4.69, 9.17) is 4.74 Å². The van der Waals surface area contributed by atoms with Crippen molar-refractivity contribution in [3.63, 3.8) is 0 Å². The topological polar surface area (TPSA) is 41.5 Å². The zero-order chi connectivity index (χ0) is 15.2. The van der Waals surface area contributed by atoms with Gasteiger partial charge >= 0.3 is 0 Å². The number of aliphatic hydroxyl groups excluding tert-OH is 1. The monoisotopic (exact) mass is 349 g/mol. The van der Waals surface area contributed by atoms with Crippen molar-refractivity contribution in [3.05, 3.63) is 64.1 Å². The summed E-state index contributed by atoms with van der Waals surface area (Å²) in [4.78, 5) is 0. The van der Waals surface area contributed by atoms with Crippen molar-refractivity contribution in [3.8, 4) is 5.75 Å². The lowest BCUT2D eigenvalue weighted by Crippen LogP contribution is -2.24. The third kappa shape index (κ3) is 4.56. The molecule has 0 amide bonds. The lowest BCUT2D eigenvalue weighted by Gasteiger charge is -2.18. The van der Waals surface area contributed by atoms with Crippen molar-refractivity contribution in [2.24, 2.45) is 0 Å². The van der Waals surface area contributed by atoms with Gasteiger partial charge in [-0.3, -0.25) is 0 Å². The summed E-state index contributed by atoms with van der Waals surface area (Å²) in [5.74, 6) is 0.847. The third-order valence-electron chi connectivity index (χ3n) is 3.47. The lowest BCUT2D eigenvalue weighted by molar-refractivity contribution is 0.170. The van der Waals surface area contributed by atoms with Crippen molar-refractivity contribution >= 4 is 15.9 Å². The van der Waals surface area contributed by atoms with E-state index in [-0.39, 0.29) is 6.04 Å². The summed E-state index contributed by atoms with van der Waals surface area (Å²) >= 11 is 3.42. The normalized spacial score (nSPS) is 13.7. The zero-order valence-corrected chi connectivity index (χ0v) is 13.8. The van der Waals surface area contributed by atoms with Crippen LogP contribution in [0.3, 0.4) is 0 Å². The van der Waals surface area contributed by atoms with Gasteiger partial charge in [0.15, 0.2) is 0 Å². The first kappa shape index (κ1) is 16.0. The first-order chi connectivity index (χ1) is 10.1. The molecule has 0 heterocycles. The van der Waals surface area contributed by atoms with Crippen LogP contribution < -0.4 is 10.1 Å². The van der Waals surface area contributed by atoms with Crippen LogP contribution >= 0.6 is 15.9 Å². The highest BCUT2D eigenvalue weighted by molar-refractivity contribution is 9.10. The Bertz CT molecular complexity index is 571. The Hall–Kier alpha value is -1.36. The van der Waals surface area contributed by atoms with Gasteiger partial charge in [-0.05, 0) is 42.3 Å². The minimum atomic E-state index is -0.525. The molecule has 0 fully saturated rings. The predicted molar refractivity (Wildman–Crippen MR) is 88.5 cm³/mol. The third-order valence-corrected chi connectivity index (χ3v) is 3.96. The maximum absolute atomic E-state index is 10.2.